The number of amides is 1. The van der Waals surface area contributed by atoms with Crippen molar-refractivity contribution in [3.8, 4) is 0 Å². The quantitative estimate of drug-likeness (QED) is 0.774. The van der Waals surface area contributed by atoms with Crippen LogP contribution in [0.15, 0.2) is 48.7 Å². The van der Waals surface area contributed by atoms with Crippen molar-refractivity contribution in [2.24, 2.45) is 0 Å². The van der Waals surface area contributed by atoms with Crippen molar-refractivity contribution in [3.63, 3.8) is 0 Å². The van der Waals surface area contributed by atoms with Gasteiger partial charge >= 0.3 is 0 Å². The van der Waals surface area contributed by atoms with Gasteiger partial charge in [-0.25, -0.2) is 4.98 Å². The third-order valence-electron chi connectivity index (χ3n) is 5.55. The highest BCUT2D eigenvalue weighted by molar-refractivity contribution is 6.32. The Morgan fingerprint density at radius 1 is 1.22 bits per heavy atom. The molecule has 1 aromatic carbocycles. The Kier molecular flexibility index (Phi) is 6.15. The van der Waals surface area contributed by atoms with E-state index in [0.717, 1.165) is 18.7 Å². The highest BCUT2D eigenvalue weighted by Gasteiger charge is 2.45. The summed E-state index contributed by atoms with van der Waals surface area (Å²) in [7, 11) is 1.75. The number of carbonyl (C=O) groups excluding carboxylic acids is 1. The SMILES string of the molecule is CC(c1ccccc1)C(N(C)C(=O)c1cccnc1Cl)C1(O)CCNCC1. The number of piperidine rings is 1. The Morgan fingerprint density at radius 2 is 1.89 bits per heavy atom. The Bertz CT molecular complexity index is 778. The number of aliphatic hydroxyl groups is 1. The number of hydrogen-bond donors (Lipinski definition) is 2. The van der Waals surface area contributed by atoms with E-state index in [2.05, 4.69) is 17.2 Å². The van der Waals surface area contributed by atoms with Crippen LogP contribution in [0.1, 0.15) is 41.6 Å². The van der Waals surface area contributed by atoms with Gasteiger partial charge in [0.15, 0.2) is 0 Å². The molecule has 144 valence electrons. The fourth-order valence-corrected chi connectivity index (χ4v) is 4.32. The second-order valence-corrected chi connectivity index (χ2v) is 7.61. The lowest BCUT2D eigenvalue weighted by Crippen LogP contribution is -2.59. The number of nitrogens with zero attached hydrogens (tertiary/aromatic N) is 2. The first-order valence-corrected chi connectivity index (χ1v) is 9.67. The molecule has 1 aliphatic heterocycles. The zero-order valence-electron chi connectivity index (χ0n) is 15.7. The molecule has 2 N–H and O–H groups in total. The molecule has 3 rings (SSSR count). The maximum Gasteiger partial charge on any atom is 0.257 e. The summed E-state index contributed by atoms with van der Waals surface area (Å²) in [6.45, 7) is 3.52. The molecule has 1 saturated heterocycles. The topological polar surface area (TPSA) is 65.5 Å². The van der Waals surface area contributed by atoms with Crippen LogP contribution < -0.4 is 5.32 Å². The number of rotatable bonds is 5. The average molecular weight is 388 g/mol. The van der Waals surface area contributed by atoms with E-state index in [1.165, 1.54) is 0 Å². The van der Waals surface area contributed by atoms with Crippen molar-refractivity contribution < 1.29 is 9.90 Å². The summed E-state index contributed by atoms with van der Waals surface area (Å²) in [5.74, 6) is -0.272. The number of hydrogen-bond acceptors (Lipinski definition) is 4. The van der Waals surface area contributed by atoms with Crippen molar-refractivity contribution in [1.82, 2.24) is 15.2 Å². The normalized spacial score (nSPS) is 18.5. The number of carbonyl (C=O) groups is 1. The zero-order valence-corrected chi connectivity index (χ0v) is 16.5. The highest BCUT2D eigenvalue weighted by atomic mass is 35.5. The van der Waals surface area contributed by atoms with Crippen molar-refractivity contribution >= 4 is 17.5 Å². The van der Waals surface area contributed by atoms with E-state index in [-0.39, 0.29) is 23.0 Å². The molecule has 1 aliphatic rings. The van der Waals surface area contributed by atoms with Crippen LogP contribution in [0.4, 0.5) is 0 Å². The van der Waals surface area contributed by atoms with E-state index in [0.29, 0.717) is 18.4 Å². The van der Waals surface area contributed by atoms with Crippen LogP contribution in [0.5, 0.6) is 0 Å². The van der Waals surface area contributed by atoms with E-state index < -0.39 is 5.60 Å². The van der Waals surface area contributed by atoms with Gasteiger partial charge < -0.3 is 15.3 Å². The molecule has 5 nitrogen and oxygen atoms in total. The van der Waals surface area contributed by atoms with E-state index >= 15 is 0 Å². The lowest BCUT2D eigenvalue weighted by Gasteiger charge is -2.46. The molecule has 2 heterocycles. The van der Waals surface area contributed by atoms with E-state index in [4.69, 9.17) is 11.6 Å². The van der Waals surface area contributed by atoms with Gasteiger partial charge in [0.25, 0.3) is 5.91 Å². The Labute approximate surface area is 165 Å². The smallest absolute Gasteiger partial charge is 0.257 e. The molecule has 27 heavy (non-hydrogen) atoms. The summed E-state index contributed by atoms with van der Waals surface area (Å²) in [6.07, 6.45) is 2.74. The summed E-state index contributed by atoms with van der Waals surface area (Å²) in [4.78, 5) is 18.9. The van der Waals surface area contributed by atoms with Gasteiger partial charge in [0, 0.05) is 19.2 Å². The first-order valence-electron chi connectivity index (χ1n) is 9.30. The fraction of sp³-hybridized carbons (Fsp3) is 0.429. The Morgan fingerprint density at radius 3 is 2.52 bits per heavy atom. The molecule has 0 aliphatic carbocycles. The maximum absolute atomic E-state index is 13.2. The zero-order chi connectivity index (χ0) is 19.4. The van der Waals surface area contributed by atoms with Crippen LogP contribution in [-0.4, -0.2) is 52.7 Å². The molecule has 1 fully saturated rings. The molecule has 0 bridgehead atoms. The van der Waals surface area contributed by atoms with Gasteiger partial charge in [0.05, 0.1) is 17.2 Å². The molecule has 2 atom stereocenters. The molecular formula is C21H26ClN3O2. The van der Waals surface area contributed by atoms with Gasteiger partial charge in [-0.05, 0) is 43.6 Å². The molecule has 6 heteroatoms. The number of halogens is 1. The minimum absolute atomic E-state index is 0.0429. The molecule has 2 unspecified atom stereocenters. The number of likely N-dealkylation sites (N-methyl/N-ethyl adjacent to an activating group) is 1. The number of benzene rings is 1. The predicted molar refractivity (Wildman–Crippen MR) is 107 cm³/mol. The van der Waals surface area contributed by atoms with Gasteiger partial charge in [-0.2, -0.15) is 0 Å². The third-order valence-corrected chi connectivity index (χ3v) is 5.85. The largest absolute Gasteiger partial charge is 0.388 e. The molecule has 0 saturated carbocycles. The lowest BCUT2D eigenvalue weighted by atomic mass is 9.75. The second kappa shape index (κ2) is 8.38. The van der Waals surface area contributed by atoms with Crippen molar-refractivity contribution in [2.75, 3.05) is 20.1 Å². The summed E-state index contributed by atoms with van der Waals surface area (Å²) < 4.78 is 0. The summed E-state index contributed by atoms with van der Waals surface area (Å²) in [5.41, 5.74) is 0.468. The minimum Gasteiger partial charge on any atom is -0.388 e. The van der Waals surface area contributed by atoms with Gasteiger partial charge in [0.2, 0.25) is 0 Å². The Balaban J connectivity index is 1.98. The minimum atomic E-state index is -0.973. The van der Waals surface area contributed by atoms with Crippen LogP contribution in [0.25, 0.3) is 0 Å². The number of aromatic nitrogens is 1. The molecule has 2 aromatic rings. The highest BCUT2D eigenvalue weighted by Crippen LogP contribution is 2.36. The molecule has 0 spiro atoms. The molecule has 1 aromatic heterocycles. The summed E-state index contributed by atoms with van der Waals surface area (Å²) >= 11 is 6.15. The van der Waals surface area contributed by atoms with Crippen LogP contribution in [-0.2, 0) is 0 Å². The first-order chi connectivity index (χ1) is 12.9. The van der Waals surface area contributed by atoms with Crippen LogP contribution in [0.2, 0.25) is 5.15 Å². The molecule has 0 radical (unpaired) electrons. The van der Waals surface area contributed by atoms with Crippen molar-refractivity contribution in [1.29, 1.82) is 0 Å². The standard InChI is InChI=1S/C21H26ClN3O2/c1-15(16-7-4-3-5-8-16)18(21(27)10-13-23-14-11-21)25(2)20(26)17-9-6-12-24-19(17)22/h3-9,12,15,18,23,27H,10-11,13-14H2,1-2H3. The van der Waals surface area contributed by atoms with Gasteiger partial charge in [-0.3, -0.25) is 4.79 Å². The van der Waals surface area contributed by atoms with Gasteiger partial charge in [-0.1, -0.05) is 48.9 Å². The Hall–Kier alpha value is -1.95. The van der Waals surface area contributed by atoms with Crippen molar-refractivity contribution in [2.45, 2.75) is 37.3 Å². The number of nitrogens with one attached hydrogen (secondary N) is 1. The predicted octanol–water partition coefficient (Wildman–Crippen LogP) is 3.09. The van der Waals surface area contributed by atoms with E-state index in [1.54, 1.807) is 30.3 Å². The van der Waals surface area contributed by atoms with E-state index in [9.17, 15) is 9.90 Å². The van der Waals surface area contributed by atoms with E-state index in [1.807, 2.05) is 30.3 Å². The molecule has 1 amide bonds. The maximum atomic E-state index is 13.2. The van der Waals surface area contributed by atoms with Gasteiger partial charge in [0.1, 0.15) is 5.15 Å². The number of pyridine rings is 1. The second-order valence-electron chi connectivity index (χ2n) is 7.26. The monoisotopic (exact) mass is 387 g/mol. The molecular weight excluding hydrogens is 362 g/mol. The fourth-order valence-electron chi connectivity index (χ4n) is 4.12. The van der Waals surface area contributed by atoms with Gasteiger partial charge in [-0.15, -0.1) is 0 Å². The summed E-state index contributed by atoms with van der Waals surface area (Å²) in [6, 6.07) is 13.0. The third kappa shape index (κ3) is 4.15. The van der Waals surface area contributed by atoms with Crippen LogP contribution in [0.3, 0.4) is 0 Å². The first kappa shape index (κ1) is 19.8. The van der Waals surface area contributed by atoms with Crippen LogP contribution >= 0.6 is 11.6 Å². The van der Waals surface area contributed by atoms with Crippen LogP contribution in [0, 0.1) is 0 Å². The summed E-state index contributed by atoms with van der Waals surface area (Å²) in [5, 5.41) is 15.0. The lowest BCUT2D eigenvalue weighted by molar-refractivity contribution is -0.0617. The van der Waals surface area contributed by atoms with Crippen molar-refractivity contribution in [3.05, 3.63) is 64.9 Å². The average Bonchev–Trinajstić information content (AvgIpc) is 2.69.